The van der Waals surface area contributed by atoms with Gasteiger partial charge in [0.2, 0.25) is 0 Å². The molecule has 4 rings (SSSR count). The van der Waals surface area contributed by atoms with E-state index in [1.165, 1.54) is 22.4 Å². The van der Waals surface area contributed by atoms with Crippen molar-refractivity contribution in [3.63, 3.8) is 0 Å². The molecule has 0 spiro atoms. The van der Waals surface area contributed by atoms with Gasteiger partial charge in [-0.2, -0.15) is 0 Å². The van der Waals surface area contributed by atoms with E-state index in [0.717, 1.165) is 12.1 Å². The first-order valence-corrected chi connectivity index (χ1v) is 7.02. The third-order valence-corrected chi connectivity index (χ3v) is 3.97. The zero-order chi connectivity index (χ0) is 13.4. The van der Waals surface area contributed by atoms with Crippen LogP contribution in [0.15, 0.2) is 77.8 Å². The molecule has 0 radical (unpaired) electrons. The molecule has 0 fully saturated rings. The molecule has 1 heteroatoms. The minimum atomic E-state index is 0.379. The molecule has 0 N–H and O–H groups in total. The molecule has 1 nitrogen and oxygen atoms in total. The average molecular weight is 257 g/mol. The Morgan fingerprint density at radius 3 is 2.60 bits per heavy atom. The third-order valence-electron chi connectivity index (χ3n) is 3.97. The van der Waals surface area contributed by atoms with Gasteiger partial charge in [-0.15, -0.1) is 0 Å². The van der Waals surface area contributed by atoms with Crippen molar-refractivity contribution in [1.29, 1.82) is 0 Å². The van der Waals surface area contributed by atoms with E-state index in [1.807, 2.05) is 0 Å². The smallest absolute Gasteiger partial charge is 0.0712 e. The minimum Gasteiger partial charge on any atom is -0.252 e. The lowest BCUT2D eigenvalue weighted by Crippen LogP contribution is -2.16. The minimum absolute atomic E-state index is 0.379. The van der Waals surface area contributed by atoms with Crippen LogP contribution < -0.4 is 0 Å². The Kier molecular flexibility index (Phi) is 2.63. The highest BCUT2D eigenvalue weighted by molar-refractivity contribution is 6.31. The highest BCUT2D eigenvalue weighted by Gasteiger charge is 2.27. The predicted octanol–water partition coefficient (Wildman–Crippen LogP) is 4.58. The summed E-state index contributed by atoms with van der Waals surface area (Å²) in [5.74, 6) is 0.379. The second kappa shape index (κ2) is 4.61. The molecule has 1 heterocycles. The number of hydrogen-bond acceptors (Lipinski definition) is 1. The van der Waals surface area contributed by atoms with Crippen molar-refractivity contribution in [3.8, 4) is 0 Å². The second-order valence-corrected chi connectivity index (χ2v) is 5.28. The average Bonchev–Trinajstić information content (AvgIpc) is 2.88. The van der Waals surface area contributed by atoms with Gasteiger partial charge in [0.05, 0.1) is 11.4 Å². The van der Waals surface area contributed by atoms with Crippen LogP contribution in [0.4, 0.5) is 5.69 Å². The number of hydrogen-bond donors (Lipinski definition) is 0. The maximum atomic E-state index is 4.85. The molecular formula is C19H15N. The van der Waals surface area contributed by atoms with Crippen LogP contribution in [-0.4, -0.2) is 5.71 Å². The maximum Gasteiger partial charge on any atom is 0.0712 e. The molecule has 1 atom stereocenters. The SMILES string of the molecule is C1=CC(Cc2ccccc2)C2=Nc3ccccc3C2=C1. The molecule has 0 aromatic heterocycles. The van der Waals surface area contributed by atoms with Gasteiger partial charge in [-0.05, 0) is 18.1 Å². The van der Waals surface area contributed by atoms with E-state index in [4.69, 9.17) is 4.99 Å². The topological polar surface area (TPSA) is 12.4 Å². The van der Waals surface area contributed by atoms with Crippen molar-refractivity contribution in [2.75, 3.05) is 0 Å². The number of fused-ring (bicyclic) bond motifs is 3. The fraction of sp³-hybridized carbons (Fsp3) is 0.105. The Bertz CT molecular complexity index is 735. The summed E-state index contributed by atoms with van der Waals surface area (Å²) in [5.41, 5.74) is 6.25. The molecule has 20 heavy (non-hydrogen) atoms. The Balaban J connectivity index is 1.69. The maximum absolute atomic E-state index is 4.85. The lowest BCUT2D eigenvalue weighted by molar-refractivity contribution is 0.853. The summed E-state index contributed by atoms with van der Waals surface area (Å²) in [6.07, 6.45) is 7.64. The van der Waals surface area contributed by atoms with Gasteiger partial charge in [-0.1, -0.05) is 66.8 Å². The van der Waals surface area contributed by atoms with Crippen molar-refractivity contribution in [2.45, 2.75) is 6.42 Å². The first kappa shape index (κ1) is 11.4. The number of benzene rings is 2. The van der Waals surface area contributed by atoms with Gasteiger partial charge in [-0.25, -0.2) is 0 Å². The van der Waals surface area contributed by atoms with Crippen molar-refractivity contribution in [3.05, 3.63) is 84.0 Å². The van der Waals surface area contributed by atoms with Crippen molar-refractivity contribution < 1.29 is 0 Å². The van der Waals surface area contributed by atoms with E-state index in [1.54, 1.807) is 0 Å². The molecule has 1 unspecified atom stereocenters. The van der Waals surface area contributed by atoms with Crippen molar-refractivity contribution in [1.82, 2.24) is 0 Å². The summed E-state index contributed by atoms with van der Waals surface area (Å²) in [7, 11) is 0. The normalized spacial score (nSPS) is 19.1. The zero-order valence-corrected chi connectivity index (χ0v) is 11.2. The Hall–Kier alpha value is -2.41. The van der Waals surface area contributed by atoms with Crippen molar-refractivity contribution in [2.24, 2.45) is 10.9 Å². The summed E-state index contributed by atoms with van der Waals surface area (Å²) < 4.78 is 0. The standard InChI is InChI=1S/C19H15N/c1-2-7-14(8-3-1)13-15-9-6-11-17-16-10-4-5-12-18(16)20-19(15)17/h1-12,15H,13H2. The molecule has 0 saturated carbocycles. The summed E-state index contributed by atoms with van der Waals surface area (Å²) in [4.78, 5) is 4.85. The fourth-order valence-corrected chi connectivity index (χ4v) is 2.99. The summed E-state index contributed by atoms with van der Waals surface area (Å²) in [5, 5.41) is 0. The van der Waals surface area contributed by atoms with Crippen LogP contribution in [0.5, 0.6) is 0 Å². The van der Waals surface area contributed by atoms with Crippen LogP contribution >= 0.6 is 0 Å². The van der Waals surface area contributed by atoms with E-state index in [-0.39, 0.29) is 0 Å². The largest absolute Gasteiger partial charge is 0.252 e. The molecule has 96 valence electrons. The first-order chi connectivity index (χ1) is 9.92. The number of allylic oxidation sites excluding steroid dienone is 4. The summed E-state index contributed by atoms with van der Waals surface area (Å²) in [6.45, 7) is 0. The van der Waals surface area contributed by atoms with Gasteiger partial charge in [0.1, 0.15) is 0 Å². The monoisotopic (exact) mass is 257 g/mol. The lowest BCUT2D eigenvalue weighted by atomic mass is 9.85. The van der Waals surface area contributed by atoms with Crippen LogP contribution in [0.3, 0.4) is 0 Å². The fourth-order valence-electron chi connectivity index (χ4n) is 2.99. The molecule has 0 bridgehead atoms. The Labute approximate surface area is 119 Å². The number of aliphatic imine (C=N–C) groups is 1. The quantitative estimate of drug-likeness (QED) is 0.746. The third kappa shape index (κ3) is 1.83. The van der Waals surface area contributed by atoms with E-state index in [2.05, 4.69) is 72.8 Å². The zero-order valence-electron chi connectivity index (χ0n) is 11.2. The van der Waals surface area contributed by atoms with Crippen LogP contribution in [0.1, 0.15) is 11.1 Å². The highest BCUT2D eigenvalue weighted by atomic mass is 14.8. The van der Waals surface area contributed by atoms with Gasteiger partial charge >= 0.3 is 0 Å². The van der Waals surface area contributed by atoms with Crippen LogP contribution in [0.25, 0.3) is 5.57 Å². The van der Waals surface area contributed by atoms with Gasteiger partial charge in [0.15, 0.2) is 0 Å². The Morgan fingerprint density at radius 2 is 1.70 bits per heavy atom. The van der Waals surface area contributed by atoms with E-state index in [9.17, 15) is 0 Å². The van der Waals surface area contributed by atoms with Gasteiger partial charge in [0, 0.05) is 17.1 Å². The van der Waals surface area contributed by atoms with Gasteiger partial charge in [0.25, 0.3) is 0 Å². The molecule has 2 aromatic carbocycles. The lowest BCUT2D eigenvalue weighted by Gasteiger charge is -2.18. The van der Waals surface area contributed by atoms with Crippen LogP contribution in [0, 0.1) is 5.92 Å². The van der Waals surface area contributed by atoms with Gasteiger partial charge in [-0.3, -0.25) is 4.99 Å². The highest BCUT2D eigenvalue weighted by Crippen LogP contribution is 2.39. The molecule has 2 aromatic rings. The van der Waals surface area contributed by atoms with Crippen LogP contribution in [0.2, 0.25) is 0 Å². The summed E-state index contributed by atoms with van der Waals surface area (Å²) >= 11 is 0. The van der Waals surface area contributed by atoms with Crippen molar-refractivity contribution >= 4 is 17.0 Å². The van der Waals surface area contributed by atoms with Crippen LogP contribution in [-0.2, 0) is 6.42 Å². The molecule has 1 aliphatic carbocycles. The second-order valence-electron chi connectivity index (χ2n) is 5.28. The number of nitrogens with zero attached hydrogens (tertiary/aromatic N) is 1. The number of para-hydroxylation sites is 1. The predicted molar refractivity (Wildman–Crippen MR) is 84.3 cm³/mol. The molecule has 1 aliphatic heterocycles. The molecular weight excluding hydrogens is 242 g/mol. The van der Waals surface area contributed by atoms with E-state index in [0.29, 0.717) is 5.92 Å². The first-order valence-electron chi connectivity index (χ1n) is 7.02. The molecule has 0 saturated heterocycles. The molecule has 2 aliphatic rings. The van der Waals surface area contributed by atoms with E-state index < -0.39 is 0 Å². The Morgan fingerprint density at radius 1 is 0.900 bits per heavy atom. The summed E-state index contributed by atoms with van der Waals surface area (Å²) in [6, 6.07) is 19.0. The van der Waals surface area contributed by atoms with Gasteiger partial charge < -0.3 is 0 Å². The van der Waals surface area contributed by atoms with E-state index >= 15 is 0 Å². The number of rotatable bonds is 2. The molecule has 0 amide bonds.